The Balaban J connectivity index is 0.00000242. The average Bonchev–Trinajstić information content (AvgIpc) is 2.76. The first kappa shape index (κ1) is 18.7. The Hall–Kier alpha value is -1.30. The van der Waals surface area contributed by atoms with Gasteiger partial charge in [0.25, 0.3) is 0 Å². The van der Waals surface area contributed by atoms with Gasteiger partial charge >= 0.3 is 0 Å². The minimum atomic E-state index is 0. The molecule has 1 aliphatic rings. The molecule has 1 aromatic carbocycles. The monoisotopic (exact) mass is 327 g/mol. The van der Waals surface area contributed by atoms with E-state index in [2.05, 4.69) is 10.2 Å². The van der Waals surface area contributed by atoms with Crippen LogP contribution in [0.4, 0.5) is 0 Å². The number of hydrogen-bond acceptors (Lipinski definition) is 4. The van der Waals surface area contributed by atoms with Crippen LogP contribution < -0.4 is 10.1 Å². The van der Waals surface area contributed by atoms with Crippen molar-refractivity contribution < 1.29 is 9.53 Å². The molecule has 0 spiro atoms. The fourth-order valence-corrected chi connectivity index (χ4v) is 2.55. The molecule has 1 N–H and O–H groups in total. The summed E-state index contributed by atoms with van der Waals surface area (Å²) in [6.07, 6.45) is 1.10. The van der Waals surface area contributed by atoms with Crippen LogP contribution in [-0.2, 0) is 11.3 Å². The summed E-state index contributed by atoms with van der Waals surface area (Å²) < 4.78 is 5.34. The van der Waals surface area contributed by atoms with Crippen molar-refractivity contribution in [3.05, 3.63) is 29.8 Å². The van der Waals surface area contributed by atoms with Crippen LogP contribution in [0.5, 0.6) is 5.75 Å². The molecular formula is C16H26ClN3O2. The molecule has 0 aliphatic carbocycles. The molecule has 0 aromatic heterocycles. The van der Waals surface area contributed by atoms with Crippen LogP contribution in [0.1, 0.15) is 12.0 Å². The highest BCUT2D eigenvalue weighted by atomic mass is 35.5. The van der Waals surface area contributed by atoms with Gasteiger partial charge in [-0.05, 0) is 25.6 Å². The Morgan fingerprint density at radius 2 is 2.09 bits per heavy atom. The van der Waals surface area contributed by atoms with E-state index in [4.69, 9.17) is 4.74 Å². The molecule has 1 heterocycles. The number of nitrogens with one attached hydrogen (secondary N) is 1. The van der Waals surface area contributed by atoms with Crippen molar-refractivity contribution in [2.75, 3.05) is 46.9 Å². The number of benzene rings is 1. The summed E-state index contributed by atoms with van der Waals surface area (Å²) in [4.78, 5) is 16.3. The molecule has 1 aromatic rings. The van der Waals surface area contributed by atoms with Gasteiger partial charge in [0.1, 0.15) is 5.75 Å². The van der Waals surface area contributed by atoms with Crippen molar-refractivity contribution in [3.8, 4) is 5.75 Å². The van der Waals surface area contributed by atoms with Gasteiger partial charge in [0.05, 0.1) is 13.7 Å². The summed E-state index contributed by atoms with van der Waals surface area (Å²) in [5.41, 5.74) is 1.04. The standard InChI is InChI=1S/C16H25N3O2.ClH/c1-18(12-14-6-3-4-7-15(14)21-2)16(20)13-19-10-5-8-17-9-11-19;/h3-4,6-7,17H,5,8-13H2,1-2H3;1H. The van der Waals surface area contributed by atoms with E-state index >= 15 is 0 Å². The summed E-state index contributed by atoms with van der Waals surface area (Å²) in [5.74, 6) is 0.985. The van der Waals surface area contributed by atoms with Crippen molar-refractivity contribution in [3.63, 3.8) is 0 Å². The highest BCUT2D eigenvalue weighted by molar-refractivity contribution is 5.85. The molecule has 5 nitrogen and oxygen atoms in total. The zero-order chi connectivity index (χ0) is 15.1. The van der Waals surface area contributed by atoms with Gasteiger partial charge in [-0.25, -0.2) is 0 Å². The Labute approximate surface area is 139 Å². The quantitative estimate of drug-likeness (QED) is 0.887. The summed E-state index contributed by atoms with van der Waals surface area (Å²) in [7, 11) is 3.51. The van der Waals surface area contributed by atoms with Crippen LogP contribution in [0.25, 0.3) is 0 Å². The molecule has 124 valence electrons. The first-order valence-corrected chi connectivity index (χ1v) is 7.49. The average molecular weight is 328 g/mol. The summed E-state index contributed by atoms with van der Waals surface area (Å²) in [5, 5.41) is 3.35. The molecule has 0 saturated carbocycles. The molecule has 1 aliphatic heterocycles. The zero-order valence-corrected chi connectivity index (χ0v) is 14.2. The number of likely N-dealkylation sites (N-methyl/N-ethyl adjacent to an activating group) is 1. The van der Waals surface area contributed by atoms with Crippen molar-refractivity contribution in [1.82, 2.24) is 15.1 Å². The van der Waals surface area contributed by atoms with Crippen LogP contribution in [0.15, 0.2) is 24.3 Å². The van der Waals surface area contributed by atoms with Gasteiger partial charge in [-0.1, -0.05) is 18.2 Å². The Kier molecular flexibility index (Phi) is 8.24. The molecule has 0 unspecified atom stereocenters. The van der Waals surface area contributed by atoms with Crippen LogP contribution >= 0.6 is 12.4 Å². The molecule has 0 atom stereocenters. The number of methoxy groups -OCH3 is 1. The maximum Gasteiger partial charge on any atom is 0.236 e. The van der Waals surface area contributed by atoms with E-state index in [1.165, 1.54) is 0 Å². The Morgan fingerprint density at radius 1 is 1.32 bits per heavy atom. The van der Waals surface area contributed by atoms with Gasteiger partial charge in [0.2, 0.25) is 5.91 Å². The first-order valence-electron chi connectivity index (χ1n) is 7.49. The fraction of sp³-hybridized carbons (Fsp3) is 0.562. The fourth-order valence-electron chi connectivity index (χ4n) is 2.55. The van der Waals surface area contributed by atoms with Gasteiger partial charge in [0, 0.05) is 32.2 Å². The lowest BCUT2D eigenvalue weighted by atomic mass is 10.2. The van der Waals surface area contributed by atoms with E-state index in [1.807, 2.05) is 31.3 Å². The Bertz CT molecular complexity index is 462. The van der Waals surface area contributed by atoms with Crippen molar-refractivity contribution in [2.45, 2.75) is 13.0 Å². The van der Waals surface area contributed by atoms with Gasteiger partial charge < -0.3 is 15.0 Å². The second kappa shape index (κ2) is 9.66. The lowest BCUT2D eigenvalue weighted by Gasteiger charge is -2.24. The molecule has 22 heavy (non-hydrogen) atoms. The molecule has 1 amide bonds. The van der Waals surface area contributed by atoms with E-state index in [9.17, 15) is 4.79 Å². The normalized spacial score (nSPS) is 15.5. The van der Waals surface area contributed by atoms with E-state index in [0.717, 1.165) is 43.9 Å². The number of para-hydroxylation sites is 1. The maximum atomic E-state index is 12.4. The van der Waals surface area contributed by atoms with E-state index in [0.29, 0.717) is 13.1 Å². The number of rotatable bonds is 5. The Morgan fingerprint density at radius 3 is 2.86 bits per heavy atom. The summed E-state index contributed by atoms with van der Waals surface area (Å²) >= 11 is 0. The van der Waals surface area contributed by atoms with Crippen LogP contribution in [0.3, 0.4) is 0 Å². The second-order valence-electron chi connectivity index (χ2n) is 5.44. The number of amides is 1. The first-order chi connectivity index (χ1) is 10.2. The van der Waals surface area contributed by atoms with E-state index < -0.39 is 0 Å². The number of halogens is 1. The number of hydrogen-bond donors (Lipinski definition) is 1. The van der Waals surface area contributed by atoms with Crippen molar-refractivity contribution in [1.29, 1.82) is 0 Å². The lowest BCUT2D eigenvalue weighted by molar-refractivity contribution is -0.131. The third-order valence-electron chi connectivity index (χ3n) is 3.82. The molecule has 2 rings (SSSR count). The second-order valence-corrected chi connectivity index (χ2v) is 5.44. The van der Waals surface area contributed by atoms with Crippen LogP contribution in [0.2, 0.25) is 0 Å². The number of carbonyl (C=O) groups is 1. The third kappa shape index (κ3) is 5.48. The lowest BCUT2D eigenvalue weighted by Crippen LogP contribution is -2.39. The van der Waals surface area contributed by atoms with Gasteiger partial charge in [-0.3, -0.25) is 9.69 Å². The van der Waals surface area contributed by atoms with E-state index in [-0.39, 0.29) is 18.3 Å². The van der Waals surface area contributed by atoms with Gasteiger partial charge in [-0.15, -0.1) is 12.4 Å². The number of nitrogens with zero attached hydrogens (tertiary/aromatic N) is 2. The van der Waals surface area contributed by atoms with Gasteiger partial charge in [0.15, 0.2) is 0 Å². The molecule has 6 heteroatoms. The topological polar surface area (TPSA) is 44.8 Å². The maximum absolute atomic E-state index is 12.4. The zero-order valence-electron chi connectivity index (χ0n) is 13.4. The molecular weight excluding hydrogens is 302 g/mol. The largest absolute Gasteiger partial charge is 0.496 e. The third-order valence-corrected chi connectivity index (χ3v) is 3.82. The predicted molar refractivity (Wildman–Crippen MR) is 90.6 cm³/mol. The summed E-state index contributed by atoms with van der Waals surface area (Å²) in [6, 6.07) is 7.83. The summed E-state index contributed by atoms with van der Waals surface area (Å²) in [6.45, 7) is 5.00. The molecule has 1 fully saturated rings. The minimum Gasteiger partial charge on any atom is -0.496 e. The number of carbonyl (C=O) groups excluding carboxylic acids is 1. The van der Waals surface area contributed by atoms with E-state index in [1.54, 1.807) is 12.0 Å². The SMILES string of the molecule is COc1ccccc1CN(C)C(=O)CN1CCCNCC1.Cl. The number of ether oxygens (including phenoxy) is 1. The van der Waals surface area contributed by atoms with Crippen LogP contribution in [-0.4, -0.2) is 62.6 Å². The smallest absolute Gasteiger partial charge is 0.236 e. The minimum absolute atomic E-state index is 0. The highest BCUT2D eigenvalue weighted by Crippen LogP contribution is 2.18. The van der Waals surface area contributed by atoms with Crippen molar-refractivity contribution >= 4 is 18.3 Å². The van der Waals surface area contributed by atoms with Crippen LogP contribution in [0, 0.1) is 0 Å². The van der Waals surface area contributed by atoms with Gasteiger partial charge in [-0.2, -0.15) is 0 Å². The predicted octanol–water partition coefficient (Wildman–Crippen LogP) is 1.37. The molecule has 0 radical (unpaired) electrons. The highest BCUT2D eigenvalue weighted by Gasteiger charge is 2.16. The molecule has 1 saturated heterocycles. The van der Waals surface area contributed by atoms with Crippen molar-refractivity contribution in [2.24, 2.45) is 0 Å². The molecule has 0 bridgehead atoms.